The van der Waals surface area contributed by atoms with Crippen molar-refractivity contribution in [3.8, 4) is 11.5 Å². The number of benzene rings is 4. The van der Waals surface area contributed by atoms with Gasteiger partial charge in [-0.1, -0.05) is 51.4 Å². The zero-order valence-corrected chi connectivity index (χ0v) is 26.9. The summed E-state index contributed by atoms with van der Waals surface area (Å²) >= 11 is 0. The van der Waals surface area contributed by atoms with Crippen LogP contribution in [0.1, 0.15) is 64.2 Å². The molecule has 0 bridgehead atoms. The number of azo groups is 2. The lowest BCUT2D eigenvalue weighted by molar-refractivity contribution is -0.385. The van der Waals surface area contributed by atoms with Gasteiger partial charge in [0.15, 0.2) is 0 Å². The molecular formula is C36H40N6O6. The summed E-state index contributed by atoms with van der Waals surface area (Å²) in [6, 6.07) is 26.7. The van der Waals surface area contributed by atoms with Gasteiger partial charge in [-0.25, -0.2) is 0 Å². The van der Waals surface area contributed by atoms with Crippen LogP contribution in [0.25, 0.3) is 0 Å². The minimum absolute atomic E-state index is 0.0227. The molecule has 0 N–H and O–H groups in total. The van der Waals surface area contributed by atoms with Crippen molar-refractivity contribution in [1.29, 1.82) is 0 Å². The highest BCUT2D eigenvalue weighted by atomic mass is 16.6. The van der Waals surface area contributed by atoms with Crippen LogP contribution < -0.4 is 9.47 Å². The Hall–Kier alpha value is -5.52. The monoisotopic (exact) mass is 652 g/mol. The molecule has 0 saturated carbocycles. The first-order valence-electron chi connectivity index (χ1n) is 16.2. The maximum absolute atomic E-state index is 10.7. The van der Waals surface area contributed by atoms with Crippen LogP contribution in [-0.2, 0) is 0 Å². The Kier molecular flexibility index (Phi) is 14.6. The number of ether oxygens (including phenoxy) is 2. The third-order valence-corrected chi connectivity index (χ3v) is 7.43. The Bertz CT molecular complexity index is 1490. The van der Waals surface area contributed by atoms with E-state index in [0.29, 0.717) is 36.0 Å². The molecular weight excluding hydrogens is 612 g/mol. The number of non-ortho nitro benzene ring substituents is 2. The van der Waals surface area contributed by atoms with Gasteiger partial charge in [0.1, 0.15) is 11.5 Å². The van der Waals surface area contributed by atoms with Crippen LogP contribution in [0.3, 0.4) is 0 Å². The van der Waals surface area contributed by atoms with Gasteiger partial charge < -0.3 is 9.47 Å². The van der Waals surface area contributed by atoms with E-state index in [2.05, 4.69) is 20.5 Å². The van der Waals surface area contributed by atoms with Gasteiger partial charge >= 0.3 is 0 Å². The first-order chi connectivity index (χ1) is 23.5. The average Bonchev–Trinajstić information content (AvgIpc) is 3.11. The van der Waals surface area contributed by atoms with Gasteiger partial charge in [0, 0.05) is 24.3 Å². The summed E-state index contributed by atoms with van der Waals surface area (Å²) in [6.07, 6.45) is 11.8. The molecule has 4 rings (SSSR count). The molecule has 250 valence electrons. The van der Waals surface area contributed by atoms with E-state index in [1.54, 1.807) is 24.3 Å². The molecule has 12 heteroatoms. The molecule has 0 spiro atoms. The van der Waals surface area contributed by atoms with Gasteiger partial charge in [-0.2, -0.15) is 20.5 Å². The van der Waals surface area contributed by atoms with Crippen molar-refractivity contribution < 1.29 is 19.3 Å². The maximum Gasteiger partial charge on any atom is 0.269 e. The molecule has 0 fully saturated rings. The first-order valence-corrected chi connectivity index (χ1v) is 16.2. The molecule has 0 saturated heterocycles. The third kappa shape index (κ3) is 13.1. The van der Waals surface area contributed by atoms with Crippen LogP contribution in [0.2, 0.25) is 0 Å². The smallest absolute Gasteiger partial charge is 0.269 e. The van der Waals surface area contributed by atoms with Crippen LogP contribution in [0.4, 0.5) is 34.1 Å². The molecule has 0 aliphatic rings. The molecule has 0 aliphatic carbocycles. The van der Waals surface area contributed by atoms with Gasteiger partial charge in [0.05, 0.1) is 45.8 Å². The van der Waals surface area contributed by atoms with E-state index in [1.165, 1.54) is 62.8 Å². The van der Waals surface area contributed by atoms with Gasteiger partial charge in [-0.15, -0.1) is 0 Å². The quantitative estimate of drug-likeness (QED) is 0.0377. The Morgan fingerprint density at radius 1 is 0.396 bits per heavy atom. The second kappa shape index (κ2) is 19.9. The highest BCUT2D eigenvalue weighted by molar-refractivity contribution is 5.47. The third-order valence-electron chi connectivity index (χ3n) is 7.43. The fourth-order valence-corrected chi connectivity index (χ4v) is 4.73. The number of nitro benzene ring substituents is 2. The molecule has 12 nitrogen and oxygen atoms in total. The van der Waals surface area contributed by atoms with E-state index in [9.17, 15) is 20.2 Å². The lowest BCUT2D eigenvalue weighted by Gasteiger charge is -2.07. The SMILES string of the molecule is O=[N+]([O-])c1ccc(N=Nc2ccc(OCCCCCCCCCCCCOc3ccc(N=Nc4ccc([N+](=O)[O-])cc4)cc3)cc2)cc1. The van der Waals surface area contributed by atoms with Crippen molar-refractivity contribution in [2.75, 3.05) is 13.2 Å². The first kappa shape index (κ1) is 35.3. The number of hydrogen-bond acceptors (Lipinski definition) is 10. The highest BCUT2D eigenvalue weighted by Crippen LogP contribution is 2.25. The molecule has 4 aromatic rings. The molecule has 48 heavy (non-hydrogen) atoms. The Morgan fingerprint density at radius 3 is 0.917 bits per heavy atom. The Balaban J connectivity index is 0.949. The van der Waals surface area contributed by atoms with E-state index >= 15 is 0 Å². The maximum atomic E-state index is 10.7. The van der Waals surface area contributed by atoms with Crippen molar-refractivity contribution >= 4 is 34.1 Å². The summed E-state index contributed by atoms with van der Waals surface area (Å²) in [5.41, 5.74) is 2.51. The normalized spacial score (nSPS) is 11.2. The van der Waals surface area contributed by atoms with E-state index in [4.69, 9.17) is 9.47 Å². The van der Waals surface area contributed by atoms with Crippen LogP contribution >= 0.6 is 0 Å². The zero-order chi connectivity index (χ0) is 33.8. The van der Waals surface area contributed by atoms with E-state index < -0.39 is 9.85 Å². The fourth-order valence-electron chi connectivity index (χ4n) is 4.73. The number of nitro groups is 2. The molecule has 4 aromatic carbocycles. The number of unbranched alkanes of at least 4 members (excludes halogenated alkanes) is 9. The summed E-state index contributed by atoms with van der Waals surface area (Å²) < 4.78 is 11.7. The van der Waals surface area contributed by atoms with Gasteiger partial charge in [0.2, 0.25) is 0 Å². The number of hydrogen-bond donors (Lipinski definition) is 0. The second-order valence-corrected chi connectivity index (χ2v) is 11.2. The summed E-state index contributed by atoms with van der Waals surface area (Å²) in [7, 11) is 0. The van der Waals surface area contributed by atoms with Crippen molar-refractivity contribution in [1.82, 2.24) is 0 Å². The zero-order valence-electron chi connectivity index (χ0n) is 26.9. The highest BCUT2D eigenvalue weighted by Gasteiger charge is 2.05. The Labute approximate surface area is 279 Å². The Morgan fingerprint density at radius 2 is 0.646 bits per heavy atom. The van der Waals surface area contributed by atoms with Crippen molar-refractivity contribution in [3.63, 3.8) is 0 Å². The van der Waals surface area contributed by atoms with E-state index in [1.807, 2.05) is 48.5 Å². The lowest BCUT2D eigenvalue weighted by Crippen LogP contribution is -1.97. The van der Waals surface area contributed by atoms with Gasteiger partial charge in [-0.3, -0.25) is 20.2 Å². The van der Waals surface area contributed by atoms with Gasteiger partial charge in [0.25, 0.3) is 11.4 Å². The molecule has 0 amide bonds. The molecule has 0 atom stereocenters. The summed E-state index contributed by atoms with van der Waals surface area (Å²) in [4.78, 5) is 20.6. The van der Waals surface area contributed by atoms with Crippen LogP contribution in [0, 0.1) is 20.2 Å². The van der Waals surface area contributed by atoms with Crippen LogP contribution in [0.15, 0.2) is 118 Å². The van der Waals surface area contributed by atoms with E-state index in [0.717, 1.165) is 37.2 Å². The molecule has 0 radical (unpaired) electrons. The standard InChI is InChI=1S/C36H40N6O6/c43-41(44)33-19-11-29(12-20-33)37-39-31-15-23-35(24-16-31)47-27-9-7-5-3-1-2-4-6-8-10-28-48-36-25-17-32(18-26-36)40-38-30-13-21-34(22-14-30)42(45)46/h11-26H,1-10,27-28H2. The topological polar surface area (TPSA) is 154 Å². The summed E-state index contributed by atoms with van der Waals surface area (Å²) in [5, 5.41) is 38.0. The lowest BCUT2D eigenvalue weighted by atomic mass is 10.1. The van der Waals surface area contributed by atoms with Crippen LogP contribution in [0.5, 0.6) is 11.5 Å². The van der Waals surface area contributed by atoms with Crippen molar-refractivity contribution in [2.45, 2.75) is 64.2 Å². The number of rotatable bonds is 21. The number of nitrogens with zero attached hydrogens (tertiary/aromatic N) is 6. The predicted octanol–water partition coefficient (Wildman–Crippen LogP) is 11.7. The fraction of sp³-hybridized carbons (Fsp3) is 0.333. The largest absolute Gasteiger partial charge is 0.494 e. The second-order valence-electron chi connectivity index (χ2n) is 11.2. The van der Waals surface area contributed by atoms with Crippen molar-refractivity contribution in [2.24, 2.45) is 20.5 Å². The molecule has 0 unspecified atom stereocenters. The molecule has 0 heterocycles. The predicted molar refractivity (Wildman–Crippen MR) is 185 cm³/mol. The molecule has 0 aromatic heterocycles. The average molecular weight is 653 g/mol. The van der Waals surface area contributed by atoms with Crippen LogP contribution in [-0.4, -0.2) is 23.1 Å². The summed E-state index contributed by atoms with van der Waals surface area (Å²) in [5.74, 6) is 1.60. The summed E-state index contributed by atoms with van der Waals surface area (Å²) in [6.45, 7) is 1.37. The minimum Gasteiger partial charge on any atom is -0.494 e. The minimum atomic E-state index is -0.445. The molecule has 0 aliphatic heterocycles. The van der Waals surface area contributed by atoms with Crippen molar-refractivity contribution in [3.05, 3.63) is 117 Å². The van der Waals surface area contributed by atoms with E-state index in [-0.39, 0.29) is 11.4 Å². The van der Waals surface area contributed by atoms with Gasteiger partial charge in [-0.05, 0) is 85.6 Å².